The van der Waals surface area contributed by atoms with Crippen molar-refractivity contribution >= 4 is 17.8 Å². The third-order valence-electron chi connectivity index (χ3n) is 4.04. The largest absolute Gasteiger partial charge is 0.481 e. The zero-order chi connectivity index (χ0) is 16.2. The molecular weight excluding hydrogens is 278 g/mol. The number of aliphatic carboxylic acids is 2. The van der Waals surface area contributed by atoms with Crippen LogP contribution in [0.5, 0.6) is 0 Å². The lowest BCUT2D eigenvalue weighted by Gasteiger charge is -2.21. The van der Waals surface area contributed by atoms with E-state index < -0.39 is 18.0 Å². The van der Waals surface area contributed by atoms with Crippen molar-refractivity contribution in [2.75, 3.05) is 0 Å². The number of carbonyl (C=O) groups excluding carboxylic acids is 1. The summed E-state index contributed by atoms with van der Waals surface area (Å²) in [6, 6.07) is -1.06. The summed E-state index contributed by atoms with van der Waals surface area (Å²) >= 11 is 0. The van der Waals surface area contributed by atoms with Crippen LogP contribution in [0.3, 0.4) is 0 Å². The molecule has 0 spiro atoms. The van der Waals surface area contributed by atoms with Crippen LogP contribution < -0.4 is 5.32 Å². The van der Waals surface area contributed by atoms with Gasteiger partial charge in [0.25, 0.3) is 0 Å². The molecule has 0 aliphatic carbocycles. The van der Waals surface area contributed by atoms with Gasteiger partial charge in [0.2, 0.25) is 5.91 Å². The summed E-state index contributed by atoms with van der Waals surface area (Å²) < 4.78 is 5.58. The Morgan fingerprint density at radius 1 is 1.14 bits per heavy atom. The Balaban J connectivity index is 2.60. The van der Waals surface area contributed by atoms with Gasteiger partial charge in [0.05, 0.1) is 18.1 Å². The summed E-state index contributed by atoms with van der Waals surface area (Å²) in [5.74, 6) is -2.86. The molecule has 1 rings (SSSR count). The molecule has 1 saturated heterocycles. The monoisotopic (exact) mass is 301 g/mol. The predicted octanol–water partition coefficient (Wildman–Crippen LogP) is 0.870. The summed E-state index contributed by atoms with van der Waals surface area (Å²) in [7, 11) is 0. The fourth-order valence-corrected chi connectivity index (χ4v) is 2.70. The van der Waals surface area contributed by atoms with Gasteiger partial charge in [-0.3, -0.25) is 9.59 Å². The summed E-state index contributed by atoms with van der Waals surface area (Å²) in [6.45, 7) is 5.58. The van der Waals surface area contributed by atoms with E-state index in [2.05, 4.69) is 5.32 Å². The van der Waals surface area contributed by atoms with E-state index in [0.29, 0.717) is 0 Å². The van der Waals surface area contributed by atoms with Crippen molar-refractivity contribution in [1.29, 1.82) is 0 Å². The Bertz CT molecular complexity index is 410. The molecule has 0 aromatic rings. The molecule has 120 valence electrons. The molecule has 1 aliphatic rings. The quantitative estimate of drug-likeness (QED) is 0.643. The van der Waals surface area contributed by atoms with Crippen LogP contribution in [0.15, 0.2) is 0 Å². The SMILES string of the molecule is CC1OC(C)C(C(=O)N[C@H](CCCC(=O)O)C(=O)O)C1C. The van der Waals surface area contributed by atoms with Gasteiger partial charge in [-0.1, -0.05) is 6.92 Å². The smallest absolute Gasteiger partial charge is 0.326 e. The number of hydrogen-bond donors (Lipinski definition) is 3. The van der Waals surface area contributed by atoms with Gasteiger partial charge in [0.15, 0.2) is 0 Å². The molecule has 4 unspecified atom stereocenters. The number of rotatable bonds is 7. The Morgan fingerprint density at radius 3 is 2.19 bits per heavy atom. The number of amides is 1. The summed E-state index contributed by atoms with van der Waals surface area (Å²) in [5.41, 5.74) is 0. The van der Waals surface area contributed by atoms with E-state index >= 15 is 0 Å². The van der Waals surface area contributed by atoms with Crippen LogP contribution >= 0.6 is 0 Å². The van der Waals surface area contributed by atoms with E-state index in [-0.39, 0.29) is 49.2 Å². The van der Waals surface area contributed by atoms with Crippen LogP contribution in [0.2, 0.25) is 0 Å². The number of carbonyl (C=O) groups is 3. The van der Waals surface area contributed by atoms with E-state index in [9.17, 15) is 14.4 Å². The van der Waals surface area contributed by atoms with E-state index in [0.717, 1.165) is 0 Å². The van der Waals surface area contributed by atoms with Gasteiger partial charge in [-0.05, 0) is 32.6 Å². The van der Waals surface area contributed by atoms with Gasteiger partial charge in [-0.15, -0.1) is 0 Å². The maximum atomic E-state index is 12.3. The number of carboxylic acid groups (broad SMARTS) is 2. The first kappa shape index (κ1) is 17.4. The molecule has 21 heavy (non-hydrogen) atoms. The number of nitrogens with one attached hydrogen (secondary N) is 1. The minimum atomic E-state index is -1.15. The van der Waals surface area contributed by atoms with Crippen molar-refractivity contribution < 1.29 is 29.3 Å². The van der Waals surface area contributed by atoms with Gasteiger partial charge in [-0.25, -0.2) is 4.79 Å². The summed E-state index contributed by atoms with van der Waals surface area (Å²) in [6.07, 6.45) is -0.126. The number of carboxylic acids is 2. The van der Waals surface area contributed by atoms with Gasteiger partial charge in [-0.2, -0.15) is 0 Å². The summed E-state index contributed by atoms with van der Waals surface area (Å²) in [4.78, 5) is 33.9. The topological polar surface area (TPSA) is 113 Å². The Hall–Kier alpha value is -1.63. The molecule has 1 heterocycles. The Labute approximate surface area is 123 Å². The molecule has 0 aromatic carbocycles. The average Bonchev–Trinajstić information content (AvgIpc) is 2.61. The molecule has 1 fully saturated rings. The first-order valence-electron chi connectivity index (χ1n) is 7.14. The predicted molar refractivity (Wildman–Crippen MR) is 73.7 cm³/mol. The second kappa shape index (κ2) is 7.40. The Morgan fingerprint density at radius 2 is 1.76 bits per heavy atom. The van der Waals surface area contributed by atoms with Crippen molar-refractivity contribution in [3.8, 4) is 0 Å². The fourth-order valence-electron chi connectivity index (χ4n) is 2.70. The summed E-state index contributed by atoms with van der Waals surface area (Å²) in [5, 5.41) is 20.2. The van der Waals surface area contributed by atoms with E-state index in [1.807, 2.05) is 13.8 Å². The van der Waals surface area contributed by atoms with Crippen molar-refractivity contribution in [3.63, 3.8) is 0 Å². The maximum absolute atomic E-state index is 12.3. The maximum Gasteiger partial charge on any atom is 0.326 e. The third-order valence-corrected chi connectivity index (χ3v) is 4.04. The first-order valence-corrected chi connectivity index (χ1v) is 7.14. The van der Waals surface area contributed by atoms with Crippen LogP contribution in [-0.2, 0) is 19.1 Å². The highest BCUT2D eigenvalue weighted by Crippen LogP contribution is 2.32. The average molecular weight is 301 g/mol. The lowest BCUT2D eigenvalue weighted by molar-refractivity contribution is -0.143. The molecule has 1 aliphatic heterocycles. The lowest BCUT2D eigenvalue weighted by Crippen LogP contribution is -2.46. The molecule has 0 radical (unpaired) electrons. The normalized spacial score (nSPS) is 29.9. The minimum absolute atomic E-state index is 0.00784. The van der Waals surface area contributed by atoms with Crippen molar-refractivity contribution in [2.24, 2.45) is 11.8 Å². The van der Waals surface area contributed by atoms with Gasteiger partial charge in [0.1, 0.15) is 6.04 Å². The standard InChI is InChI=1S/C14H23NO6/c1-7-8(2)21-9(3)12(7)13(18)15-10(14(19)20)5-4-6-11(16)17/h7-10,12H,4-6H2,1-3H3,(H,15,18)(H,16,17)(H,19,20)/t7?,8?,9?,10-,12?/m1/s1. The fraction of sp³-hybridized carbons (Fsp3) is 0.786. The zero-order valence-electron chi connectivity index (χ0n) is 12.5. The molecule has 0 aromatic heterocycles. The molecule has 5 atom stereocenters. The van der Waals surface area contributed by atoms with E-state index in [1.165, 1.54) is 0 Å². The van der Waals surface area contributed by atoms with Crippen LogP contribution in [0, 0.1) is 11.8 Å². The van der Waals surface area contributed by atoms with Crippen molar-refractivity contribution in [2.45, 2.75) is 58.3 Å². The number of ether oxygens (including phenoxy) is 1. The Kier molecular flexibility index (Phi) is 6.14. The lowest BCUT2D eigenvalue weighted by atomic mass is 9.88. The van der Waals surface area contributed by atoms with Crippen LogP contribution in [0.1, 0.15) is 40.0 Å². The first-order chi connectivity index (χ1) is 9.73. The van der Waals surface area contributed by atoms with Gasteiger partial charge >= 0.3 is 11.9 Å². The molecule has 7 nitrogen and oxygen atoms in total. The third kappa shape index (κ3) is 4.70. The van der Waals surface area contributed by atoms with E-state index in [1.54, 1.807) is 6.92 Å². The second-order valence-corrected chi connectivity index (χ2v) is 5.62. The molecular formula is C14H23NO6. The van der Waals surface area contributed by atoms with Crippen LogP contribution in [-0.4, -0.2) is 46.3 Å². The number of hydrogen-bond acceptors (Lipinski definition) is 4. The van der Waals surface area contributed by atoms with Crippen LogP contribution in [0.4, 0.5) is 0 Å². The van der Waals surface area contributed by atoms with Crippen molar-refractivity contribution in [3.05, 3.63) is 0 Å². The van der Waals surface area contributed by atoms with Crippen LogP contribution in [0.25, 0.3) is 0 Å². The molecule has 7 heteroatoms. The molecule has 3 N–H and O–H groups in total. The second-order valence-electron chi connectivity index (χ2n) is 5.62. The van der Waals surface area contributed by atoms with E-state index in [4.69, 9.17) is 14.9 Å². The molecule has 0 bridgehead atoms. The van der Waals surface area contributed by atoms with Crippen molar-refractivity contribution in [1.82, 2.24) is 5.32 Å². The highest BCUT2D eigenvalue weighted by atomic mass is 16.5. The molecule has 1 amide bonds. The minimum Gasteiger partial charge on any atom is -0.481 e. The van der Waals surface area contributed by atoms with Gasteiger partial charge < -0.3 is 20.3 Å². The van der Waals surface area contributed by atoms with Gasteiger partial charge in [0, 0.05) is 6.42 Å². The molecule has 0 saturated carbocycles. The highest BCUT2D eigenvalue weighted by molar-refractivity contribution is 5.85. The zero-order valence-corrected chi connectivity index (χ0v) is 12.5. The highest BCUT2D eigenvalue weighted by Gasteiger charge is 2.42.